The molecule has 96 valence electrons. The van der Waals surface area contributed by atoms with E-state index in [4.69, 9.17) is 15.4 Å². The predicted molar refractivity (Wildman–Crippen MR) is 59.3 cm³/mol. The van der Waals surface area contributed by atoms with Gasteiger partial charge in [0, 0.05) is 18.5 Å². The lowest BCUT2D eigenvalue weighted by atomic mass is 10.3. The summed E-state index contributed by atoms with van der Waals surface area (Å²) in [6, 6.07) is -0.856. The molecule has 8 nitrogen and oxygen atoms in total. The molecule has 0 aromatic carbocycles. The van der Waals surface area contributed by atoms with Crippen molar-refractivity contribution in [1.29, 1.82) is 0 Å². The summed E-state index contributed by atoms with van der Waals surface area (Å²) in [7, 11) is 1.43. The minimum absolute atomic E-state index is 0.102. The summed E-state index contributed by atoms with van der Waals surface area (Å²) in [6.45, 7) is 2.07. The molecular weight excluding hydrogens is 228 g/mol. The van der Waals surface area contributed by atoms with E-state index in [1.165, 1.54) is 14.0 Å². The monoisotopic (exact) mass is 244 g/mol. The Morgan fingerprint density at radius 1 is 1.53 bits per heavy atom. The molecule has 17 heavy (non-hydrogen) atoms. The van der Waals surface area contributed by atoms with Gasteiger partial charge in [-0.2, -0.15) is 0 Å². The van der Waals surface area contributed by atoms with E-state index in [1.807, 2.05) is 0 Å². The zero-order chi connectivity index (χ0) is 13.3. The van der Waals surface area contributed by atoms with Crippen molar-refractivity contribution >= 4 is 11.9 Å². The van der Waals surface area contributed by atoms with Crippen molar-refractivity contribution in [2.24, 2.45) is 5.11 Å². The number of hydrogen-bond acceptors (Lipinski definition) is 4. The van der Waals surface area contributed by atoms with Gasteiger partial charge in [0.1, 0.15) is 6.04 Å². The average Bonchev–Trinajstić information content (AvgIpc) is 2.31. The SMILES string of the molecule is C[C@@H](C(=O)O)N(C)C(=O)CCOCCN=[N+]=[N-]. The third kappa shape index (κ3) is 6.39. The van der Waals surface area contributed by atoms with Gasteiger partial charge in [-0.15, -0.1) is 0 Å². The molecule has 0 aliphatic heterocycles. The molecule has 1 atom stereocenters. The maximum atomic E-state index is 11.5. The number of carbonyl (C=O) groups is 2. The molecule has 0 rings (SSSR count). The molecule has 0 unspecified atom stereocenters. The van der Waals surface area contributed by atoms with Crippen LogP contribution in [0.4, 0.5) is 0 Å². The van der Waals surface area contributed by atoms with E-state index in [1.54, 1.807) is 0 Å². The van der Waals surface area contributed by atoms with Gasteiger partial charge < -0.3 is 14.7 Å². The zero-order valence-electron chi connectivity index (χ0n) is 9.87. The minimum atomic E-state index is -1.05. The maximum Gasteiger partial charge on any atom is 0.326 e. The Bertz CT molecular complexity index is 314. The number of rotatable bonds is 8. The first kappa shape index (κ1) is 15.2. The first-order valence-electron chi connectivity index (χ1n) is 5.07. The Morgan fingerprint density at radius 3 is 2.71 bits per heavy atom. The Balaban J connectivity index is 3.78. The molecule has 0 bridgehead atoms. The van der Waals surface area contributed by atoms with Crippen LogP contribution >= 0.6 is 0 Å². The third-order valence-electron chi connectivity index (χ3n) is 2.19. The number of hydrogen-bond donors (Lipinski definition) is 1. The second-order valence-corrected chi connectivity index (χ2v) is 3.34. The zero-order valence-corrected chi connectivity index (χ0v) is 9.87. The van der Waals surface area contributed by atoms with Crippen LogP contribution in [0.2, 0.25) is 0 Å². The van der Waals surface area contributed by atoms with Crippen LogP contribution in [0, 0.1) is 0 Å². The van der Waals surface area contributed by atoms with Crippen molar-refractivity contribution in [3.63, 3.8) is 0 Å². The molecule has 0 aliphatic rings. The summed E-state index contributed by atoms with van der Waals surface area (Å²) < 4.78 is 5.04. The van der Waals surface area contributed by atoms with E-state index in [0.717, 1.165) is 4.90 Å². The van der Waals surface area contributed by atoms with Crippen LogP contribution in [0.1, 0.15) is 13.3 Å². The van der Waals surface area contributed by atoms with Crippen LogP contribution in [0.5, 0.6) is 0 Å². The van der Waals surface area contributed by atoms with Gasteiger partial charge in [0.15, 0.2) is 0 Å². The van der Waals surface area contributed by atoms with E-state index >= 15 is 0 Å². The number of likely N-dealkylation sites (N-methyl/N-ethyl adjacent to an activating group) is 1. The second-order valence-electron chi connectivity index (χ2n) is 3.34. The Morgan fingerprint density at radius 2 is 2.18 bits per heavy atom. The number of nitrogens with zero attached hydrogens (tertiary/aromatic N) is 4. The summed E-state index contributed by atoms with van der Waals surface area (Å²) in [5.41, 5.74) is 7.98. The molecule has 8 heteroatoms. The highest BCUT2D eigenvalue weighted by Gasteiger charge is 2.20. The molecule has 0 saturated carbocycles. The third-order valence-corrected chi connectivity index (χ3v) is 2.19. The van der Waals surface area contributed by atoms with Crippen molar-refractivity contribution in [3.05, 3.63) is 10.4 Å². The molecule has 0 aromatic heterocycles. The van der Waals surface area contributed by atoms with E-state index in [2.05, 4.69) is 10.0 Å². The molecule has 1 amide bonds. The second kappa shape index (κ2) is 8.37. The van der Waals surface area contributed by atoms with E-state index in [9.17, 15) is 9.59 Å². The van der Waals surface area contributed by atoms with Crippen LogP contribution in [-0.4, -0.2) is 54.7 Å². The van der Waals surface area contributed by atoms with Gasteiger partial charge in [0.25, 0.3) is 0 Å². The van der Waals surface area contributed by atoms with Crippen molar-refractivity contribution in [1.82, 2.24) is 4.90 Å². The van der Waals surface area contributed by atoms with Crippen molar-refractivity contribution in [3.8, 4) is 0 Å². The van der Waals surface area contributed by atoms with Crippen molar-refractivity contribution in [2.45, 2.75) is 19.4 Å². The first-order chi connectivity index (χ1) is 8.00. The number of amides is 1. The summed E-state index contributed by atoms with van der Waals surface area (Å²) in [5.74, 6) is -1.35. The van der Waals surface area contributed by atoms with Gasteiger partial charge in [-0.3, -0.25) is 4.79 Å². The molecule has 0 fully saturated rings. The van der Waals surface area contributed by atoms with Gasteiger partial charge >= 0.3 is 5.97 Å². The Labute approximate surface area is 98.8 Å². The molecule has 0 radical (unpaired) electrons. The number of ether oxygens (including phenoxy) is 1. The lowest BCUT2D eigenvalue weighted by molar-refractivity contribution is -0.148. The van der Waals surface area contributed by atoms with Crippen LogP contribution in [0.3, 0.4) is 0 Å². The first-order valence-corrected chi connectivity index (χ1v) is 5.07. The lowest BCUT2D eigenvalue weighted by Gasteiger charge is -2.21. The smallest absolute Gasteiger partial charge is 0.326 e. The standard InChI is InChI=1S/C9H16N4O4/c1-7(9(15)16)13(2)8(14)3-5-17-6-4-11-12-10/h7H,3-6H2,1-2H3,(H,15,16)/t7-/m0/s1. The van der Waals surface area contributed by atoms with Crippen LogP contribution in [-0.2, 0) is 14.3 Å². The number of carboxylic acids is 1. The van der Waals surface area contributed by atoms with Crippen LogP contribution in [0.15, 0.2) is 5.11 Å². The van der Waals surface area contributed by atoms with Gasteiger partial charge in [0.2, 0.25) is 5.91 Å². The Kier molecular flexibility index (Phi) is 7.49. The topological polar surface area (TPSA) is 116 Å². The van der Waals surface area contributed by atoms with Crippen molar-refractivity contribution < 1.29 is 19.4 Å². The van der Waals surface area contributed by atoms with Crippen LogP contribution < -0.4 is 0 Å². The quantitative estimate of drug-likeness (QED) is 0.292. The summed E-state index contributed by atoms with van der Waals surface area (Å²) in [5, 5.41) is 12.0. The molecular formula is C9H16N4O4. The molecule has 0 saturated heterocycles. The molecule has 0 aliphatic carbocycles. The van der Waals surface area contributed by atoms with Crippen LogP contribution in [0.25, 0.3) is 10.4 Å². The lowest BCUT2D eigenvalue weighted by Crippen LogP contribution is -2.40. The minimum Gasteiger partial charge on any atom is -0.480 e. The summed E-state index contributed by atoms with van der Waals surface area (Å²) in [4.78, 5) is 25.8. The molecule has 1 N–H and O–H groups in total. The molecule has 0 heterocycles. The predicted octanol–water partition coefficient (Wildman–Crippen LogP) is 0.635. The number of aliphatic carboxylic acids is 1. The normalized spacial score (nSPS) is 11.4. The van der Waals surface area contributed by atoms with Gasteiger partial charge in [-0.1, -0.05) is 5.11 Å². The fourth-order valence-corrected chi connectivity index (χ4v) is 0.970. The highest BCUT2D eigenvalue weighted by molar-refractivity contribution is 5.83. The van der Waals surface area contributed by atoms with E-state index < -0.39 is 12.0 Å². The number of carbonyl (C=O) groups excluding carboxylic acids is 1. The Hall–Kier alpha value is -1.79. The summed E-state index contributed by atoms with van der Waals surface area (Å²) in [6.07, 6.45) is 0.102. The average molecular weight is 244 g/mol. The molecule has 0 spiro atoms. The highest BCUT2D eigenvalue weighted by Crippen LogP contribution is 1.99. The van der Waals surface area contributed by atoms with Gasteiger partial charge in [-0.25, -0.2) is 4.79 Å². The fraction of sp³-hybridized carbons (Fsp3) is 0.778. The maximum absolute atomic E-state index is 11.5. The van der Waals surface area contributed by atoms with Gasteiger partial charge in [0.05, 0.1) is 19.6 Å². The van der Waals surface area contributed by atoms with Crippen molar-refractivity contribution in [2.75, 3.05) is 26.8 Å². The fourth-order valence-electron chi connectivity index (χ4n) is 0.970. The number of carboxylic acid groups (broad SMARTS) is 1. The largest absolute Gasteiger partial charge is 0.480 e. The van der Waals surface area contributed by atoms with Gasteiger partial charge in [-0.05, 0) is 12.5 Å². The number of azide groups is 1. The van der Waals surface area contributed by atoms with E-state index in [0.29, 0.717) is 0 Å². The molecule has 0 aromatic rings. The highest BCUT2D eigenvalue weighted by atomic mass is 16.5. The van der Waals surface area contributed by atoms with E-state index in [-0.39, 0.29) is 32.1 Å². The summed E-state index contributed by atoms with van der Waals surface area (Å²) >= 11 is 0.